The molecule has 18 heavy (non-hydrogen) atoms. The van der Waals surface area contributed by atoms with Crippen molar-refractivity contribution in [1.29, 1.82) is 0 Å². The van der Waals surface area contributed by atoms with Crippen molar-refractivity contribution in [3.63, 3.8) is 0 Å². The normalized spacial score (nSPS) is 27.0. The van der Waals surface area contributed by atoms with Gasteiger partial charge in [0.25, 0.3) is 0 Å². The first kappa shape index (κ1) is 13.7. The predicted octanol–water partition coefficient (Wildman–Crippen LogP) is 1.90. The number of hydrogen-bond acceptors (Lipinski definition) is 3. The maximum Gasteiger partial charge on any atom is 0.0678 e. The lowest BCUT2D eigenvalue weighted by molar-refractivity contribution is -0.0661. The Bertz CT molecular complexity index is 386. The summed E-state index contributed by atoms with van der Waals surface area (Å²) in [7, 11) is -0.890. The van der Waals surface area contributed by atoms with Gasteiger partial charge in [-0.3, -0.25) is 9.11 Å². The first-order chi connectivity index (χ1) is 8.65. The van der Waals surface area contributed by atoms with Crippen LogP contribution in [0.25, 0.3) is 0 Å². The molecule has 0 N–H and O–H groups in total. The highest BCUT2D eigenvalue weighted by atomic mass is 32.2. The van der Waals surface area contributed by atoms with Crippen molar-refractivity contribution in [3.8, 4) is 0 Å². The minimum absolute atomic E-state index is 0.277. The molecule has 100 valence electrons. The average Bonchev–Trinajstić information content (AvgIpc) is 2.36. The Hall–Kier alpha value is -0.710. The van der Waals surface area contributed by atoms with Gasteiger partial charge in [-0.05, 0) is 26.0 Å². The molecule has 0 bridgehead atoms. The van der Waals surface area contributed by atoms with E-state index in [2.05, 4.69) is 18.7 Å². The molecular formula is C14H21NO2S. The summed E-state index contributed by atoms with van der Waals surface area (Å²) in [6, 6.07) is 9.69. The second-order valence-electron chi connectivity index (χ2n) is 4.88. The minimum atomic E-state index is -0.890. The Balaban J connectivity index is 1.83. The van der Waals surface area contributed by atoms with Crippen LogP contribution in [0, 0.1) is 0 Å². The number of ether oxygens (including phenoxy) is 1. The lowest BCUT2D eigenvalue weighted by Gasteiger charge is -2.35. The molecule has 0 saturated carbocycles. The van der Waals surface area contributed by atoms with Crippen LogP contribution in [-0.2, 0) is 15.5 Å². The van der Waals surface area contributed by atoms with Crippen LogP contribution in [0.5, 0.6) is 0 Å². The van der Waals surface area contributed by atoms with Crippen molar-refractivity contribution in [2.75, 3.05) is 25.4 Å². The van der Waals surface area contributed by atoms with E-state index in [1.807, 2.05) is 30.3 Å². The van der Waals surface area contributed by atoms with E-state index in [-0.39, 0.29) is 12.2 Å². The second kappa shape index (κ2) is 6.45. The zero-order chi connectivity index (χ0) is 13.0. The van der Waals surface area contributed by atoms with Crippen LogP contribution in [0.2, 0.25) is 0 Å². The highest BCUT2D eigenvalue weighted by molar-refractivity contribution is 7.85. The van der Waals surface area contributed by atoms with Gasteiger partial charge in [0.1, 0.15) is 0 Å². The fraction of sp³-hybridized carbons (Fsp3) is 0.571. The fourth-order valence-corrected chi connectivity index (χ4v) is 3.49. The maximum absolute atomic E-state index is 12.1. The van der Waals surface area contributed by atoms with E-state index in [1.54, 1.807) is 0 Å². The lowest BCUT2D eigenvalue weighted by atomic mass is 10.2. The van der Waals surface area contributed by atoms with Crippen LogP contribution in [-0.4, -0.2) is 46.7 Å². The molecule has 1 fully saturated rings. The molecular weight excluding hydrogens is 246 g/mol. The van der Waals surface area contributed by atoms with Gasteiger partial charge in [-0.25, -0.2) is 0 Å². The van der Waals surface area contributed by atoms with E-state index in [0.717, 1.165) is 24.5 Å². The lowest BCUT2D eigenvalue weighted by Crippen LogP contribution is -2.46. The predicted molar refractivity (Wildman–Crippen MR) is 74.2 cm³/mol. The summed E-state index contributed by atoms with van der Waals surface area (Å²) in [5, 5.41) is 0. The molecule has 4 heteroatoms. The Labute approximate surface area is 112 Å². The van der Waals surface area contributed by atoms with Crippen molar-refractivity contribution >= 4 is 10.8 Å². The molecule has 3 nitrogen and oxygen atoms in total. The summed E-state index contributed by atoms with van der Waals surface area (Å²) >= 11 is 0. The van der Waals surface area contributed by atoms with E-state index < -0.39 is 10.8 Å². The van der Waals surface area contributed by atoms with Gasteiger partial charge < -0.3 is 4.74 Å². The van der Waals surface area contributed by atoms with Gasteiger partial charge in [-0.15, -0.1) is 0 Å². The van der Waals surface area contributed by atoms with Gasteiger partial charge in [-0.2, -0.15) is 0 Å². The Morgan fingerprint density at radius 1 is 1.22 bits per heavy atom. The summed E-state index contributed by atoms with van der Waals surface area (Å²) in [5.74, 6) is 0.698. The van der Waals surface area contributed by atoms with E-state index in [0.29, 0.717) is 5.75 Å². The van der Waals surface area contributed by atoms with Crippen LogP contribution in [0.15, 0.2) is 35.2 Å². The molecule has 3 atom stereocenters. The summed E-state index contributed by atoms with van der Waals surface area (Å²) in [5.41, 5.74) is 0. The molecule has 1 saturated heterocycles. The van der Waals surface area contributed by atoms with E-state index >= 15 is 0 Å². The average molecular weight is 267 g/mol. The Kier molecular flexibility index (Phi) is 4.92. The third-order valence-corrected chi connectivity index (χ3v) is 4.45. The smallest absolute Gasteiger partial charge is 0.0678 e. The summed E-state index contributed by atoms with van der Waals surface area (Å²) < 4.78 is 17.8. The highest BCUT2D eigenvalue weighted by Crippen LogP contribution is 2.11. The van der Waals surface area contributed by atoms with Crippen LogP contribution in [0.3, 0.4) is 0 Å². The molecule has 1 heterocycles. The SMILES string of the molecule is C[C@@H]1CN(CC[S@@](=O)c2ccccc2)C[C@@H](C)O1. The van der Waals surface area contributed by atoms with E-state index in [1.165, 1.54) is 0 Å². The van der Waals surface area contributed by atoms with Crippen molar-refractivity contribution in [2.24, 2.45) is 0 Å². The highest BCUT2D eigenvalue weighted by Gasteiger charge is 2.22. The van der Waals surface area contributed by atoms with Gasteiger partial charge in [0.05, 0.1) is 23.0 Å². The quantitative estimate of drug-likeness (QED) is 0.834. The molecule has 2 rings (SSSR count). The van der Waals surface area contributed by atoms with Gasteiger partial charge in [0.15, 0.2) is 0 Å². The van der Waals surface area contributed by atoms with Crippen molar-refractivity contribution < 1.29 is 8.95 Å². The van der Waals surface area contributed by atoms with Crippen LogP contribution in [0.1, 0.15) is 13.8 Å². The van der Waals surface area contributed by atoms with Crippen molar-refractivity contribution in [3.05, 3.63) is 30.3 Å². The van der Waals surface area contributed by atoms with Crippen LogP contribution >= 0.6 is 0 Å². The topological polar surface area (TPSA) is 29.5 Å². The molecule has 0 radical (unpaired) electrons. The second-order valence-corrected chi connectivity index (χ2v) is 6.45. The van der Waals surface area contributed by atoms with Gasteiger partial charge in [-0.1, -0.05) is 18.2 Å². The Morgan fingerprint density at radius 3 is 2.44 bits per heavy atom. The molecule has 1 aliphatic rings. The molecule has 0 amide bonds. The zero-order valence-corrected chi connectivity index (χ0v) is 11.9. The number of hydrogen-bond donors (Lipinski definition) is 0. The van der Waals surface area contributed by atoms with Gasteiger partial charge in [0, 0.05) is 30.3 Å². The van der Waals surface area contributed by atoms with Gasteiger partial charge in [0.2, 0.25) is 0 Å². The monoisotopic (exact) mass is 267 g/mol. The third-order valence-electron chi connectivity index (χ3n) is 3.09. The number of nitrogens with zero attached hydrogens (tertiary/aromatic N) is 1. The minimum Gasteiger partial charge on any atom is -0.373 e. The van der Waals surface area contributed by atoms with Crippen molar-refractivity contribution in [2.45, 2.75) is 31.0 Å². The Morgan fingerprint density at radius 2 is 1.83 bits per heavy atom. The summed E-state index contributed by atoms with van der Waals surface area (Å²) in [6.07, 6.45) is 0.554. The molecule has 1 aliphatic heterocycles. The number of morpholine rings is 1. The number of benzene rings is 1. The molecule has 0 spiro atoms. The molecule has 1 aromatic carbocycles. The maximum atomic E-state index is 12.1. The van der Waals surface area contributed by atoms with Crippen molar-refractivity contribution in [1.82, 2.24) is 4.90 Å². The van der Waals surface area contributed by atoms with E-state index in [9.17, 15) is 4.21 Å². The van der Waals surface area contributed by atoms with Crippen LogP contribution in [0.4, 0.5) is 0 Å². The first-order valence-electron chi connectivity index (χ1n) is 6.46. The molecule has 0 aromatic heterocycles. The summed E-state index contributed by atoms with van der Waals surface area (Å²) in [4.78, 5) is 3.27. The first-order valence-corrected chi connectivity index (χ1v) is 7.78. The molecule has 0 unspecified atom stereocenters. The third kappa shape index (κ3) is 3.90. The van der Waals surface area contributed by atoms with Gasteiger partial charge >= 0.3 is 0 Å². The number of rotatable bonds is 4. The molecule has 0 aliphatic carbocycles. The van der Waals surface area contributed by atoms with Crippen LogP contribution < -0.4 is 0 Å². The fourth-order valence-electron chi connectivity index (χ4n) is 2.37. The largest absolute Gasteiger partial charge is 0.373 e. The standard InChI is InChI=1S/C14H21NO2S/c1-12-10-15(11-13(2)17-12)8-9-18(16)14-6-4-3-5-7-14/h3-7,12-13H,8-11H2,1-2H3/t12-,13-,18-/m1/s1. The van der Waals surface area contributed by atoms with E-state index in [4.69, 9.17) is 4.74 Å². The zero-order valence-electron chi connectivity index (χ0n) is 11.0. The summed E-state index contributed by atoms with van der Waals surface area (Å²) in [6.45, 7) is 6.94. The molecule has 1 aromatic rings.